The van der Waals surface area contributed by atoms with Crippen LogP contribution in [0.4, 0.5) is 0 Å². The summed E-state index contributed by atoms with van der Waals surface area (Å²) in [4.78, 5) is 14.4. The van der Waals surface area contributed by atoms with Gasteiger partial charge in [-0.25, -0.2) is 0 Å². The smallest absolute Gasteiger partial charge is 0.222 e. The van der Waals surface area contributed by atoms with E-state index < -0.39 is 0 Å². The molecule has 4 heteroatoms. The zero-order valence-corrected chi connectivity index (χ0v) is 17.3. The Morgan fingerprint density at radius 1 is 1.04 bits per heavy atom. The Hall–Kier alpha value is -1.03. The quantitative estimate of drug-likeness (QED) is 0.403. The molecule has 3 N–H and O–H groups in total. The lowest BCUT2D eigenvalue weighted by atomic mass is 9.99. The molecule has 148 valence electrons. The molecule has 0 aliphatic rings. The summed E-state index contributed by atoms with van der Waals surface area (Å²) < 4.78 is 0. The molecule has 0 saturated carbocycles. The lowest BCUT2D eigenvalue weighted by Gasteiger charge is -2.33. The zero-order valence-electron chi connectivity index (χ0n) is 17.3. The lowest BCUT2D eigenvalue weighted by Crippen LogP contribution is -2.44. The summed E-state index contributed by atoms with van der Waals surface area (Å²) in [6.07, 6.45) is 11.2. The molecule has 0 spiro atoms. The van der Waals surface area contributed by atoms with Gasteiger partial charge in [-0.2, -0.15) is 0 Å². The minimum atomic E-state index is 0.0575. The van der Waals surface area contributed by atoms with Crippen LogP contribution in [0.5, 0.6) is 0 Å². The minimum absolute atomic E-state index is 0.0575. The predicted octanol–water partition coefficient (Wildman–Crippen LogP) is 4.45. The first-order chi connectivity index (χ1) is 12.0. The van der Waals surface area contributed by atoms with Gasteiger partial charge in [0.2, 0.25) is 5.91 Å². The third kappa shape index (κ3) is 11.2. The van der Waals surface area contributed by atoms with Crippen LogP contribution in [-0.2, 0) is 4.79 Å². The highest BCUT2D eigenvalue weighted by Gasteiger charge is 2.25. The first-order valence-electron chi connectivity index (χ1n) is 10.3. The predicted molar refractivity (Wildman–Crippen MR) is 109 cm³/mol. The highest BCUT2D eigenvalue weighted by Crippen LogP contribution is 2.17. The molecular formula is C21H43N3O. The summed E-state index contributed by atoms with van der Waals surface area (Å²) in [5.74, 6) is 0.586. The molecule has 1 amide bonds. The molecule has 1 unspecified atom stereocenters. The zero-order chi connectivity index (χ0) is 19.1. The number of carbonyl (C=O) groups is 1. The Morgan fingerprint density at radius 3 is 2.24 bits per heavy atom. The van der Waals surface area contributed by atoms with Crippen LogP contribution in [0.25, 0.3) is 0 Å². The molecule has 0 aliphatic carbocycles. The summed E-state index contributed by atoms with van der Waals surface area (Å²) in [5.41, 5.74) is 6.48. The minimum Gasteiger partial charge on any atom is -0.387 e. The third-order valence-electron chi connectivity index (χ3n) is 4.78. The second kappa shape index (κ2) is 15.2. The summed E-state index contributed by atoms with van der Waals surface area (Å²) >= 11 is 0. The van der Waals surface area contributed by atoms with E-state index in [0.717, 1.165) is 50.9 Å². The molecule has 0 saturated heterocycles. The molecule has 0 rings (SSSR count). The van der Waals surface area contributed by atoms with Crippen molar-refractivity contribution < 1.29 is 4.79 Å². The molecule has 0 aliphatic heterocycles. The topological polar surface area (TPSA) is 58.4 Å². The van der Waals surface area contributed by atoms with Gasteiger partial charge in [-0.15, -0.1) is 0 Å². The van der Waals surface area contributed by atoms with Gasteiger partial charge in [-0.3, -0.25) is 4.79 Å². The number of hydrogen-bond acceptors (Lipinski definition) is 3. The molecule has 1 atom stereocenters. The van der Waals surface area contributed by atoms with E-state index in [1.54, 1.807) is 0 Å². The summed E-state index contributed by atoms with van der Waals surface area (Å²) in [5, 5.41) is 3.42. The number of hydrogen-bond donors (Lipinski definition) is 2. The molecule has 0 bridgehead atoms. The Morgan fingerprint density at radius 2 is 1.64 bits per heavy atom. The average Bonchev–Trinajstić information content (AvgIpc) is 2.57. The maximum atomic E-state index is 12.5. The fourth-order valence-electron chi connectivity index (χ4n) is 3.27. The largest absolute Gasteiger partial charge is 0.387 e. The fourth-order valence-corrected chi connectivity index (χ4v) is 3.27. The van der Waals surface area contributed by atoms with Crippen molar-refractivity contribution in [1.82, 2.24) is 10.2 Å². The van der Waals surface area contributed by atoms with E-state index in [-0.39, 0.29) is 11.9 Å². The number of likely N-dealkylation sites (N-methyl/N-ethyl adjacent to an activating group) is 1. The third-order valence-corrected chi connectivity index (χ3v) is 4.78. The van der Waals surface area contributed by atoms with Gasteiger partial charge in [0.1, 0.15) is 0 Å². The first kappa shape index (κ1) is 24.0. The van der Waals surface area contributed by atoms with E-state index in [0.29, 0.717) is 12.3 Å². The van der Waals surface area contributed by atoms with Crippen LogP contribution in [-0.4, -0.2) is 37.0 Å². The van der Waals surface area contributed by atoms with Gasteiger partial charge < -0.3 is 16.0 Å². The average molecular weight is 354 g/mol. The molecule has 0 aromatic carbocycles. The number of amides is 1. The van der Waals surface area contributed by atoms with Crippen molar-refractivity contribution in [2.75, 3.05) is 20.1 Å². The van der Waals surface area contributed by atoms with Gasteiger partial charge >= 0.3 is 0 Å². The number of rotatable bonds is 16. The van der Waals surface area contributed by atoms with E-state index in [1.807, 2.05) is 11.9 Å². The van der Waals surface area contributed by atoms with Crippen molar-refractivity contribution >= 4 is 5.91 Å². The maximum Gasteiger partial charge on any atom is 0.222 e. The standard InChI is InChI=1S/C21H43N3O/c1-6-7-8-9-10-12-15-20(25)24(5)21(18(2)3)19(4)23-17-14-11-13-16-22/h18,21,23H,4,6-17,22H2,1-3,5H3. The van der Waals surface area contributed by atoms with E-state index in [2.05, 4.69) is 32.7 Å². The monoisotopic (exact) mass is 353 g/mol. The van der Waals surface area contributed by atoms with Gasteiger partial charge in [0.25, 0.3) is 0 Å². The van der Waals surface area contributed by atoms with Gasteiger partial charge in [0.15, 0.2) is 0 Å². The van der Waals surface area contributed by atoms with E-state index in [9.17, 15) is 4.79 Å². The molecule has 25 heavy (non-hydrogen) atoms. The summed E-state index contributed by atoms with van der Waals surface area (Å²) in [7, 11) is 1.92. The summed E-state index contributed by atoms with van der Waals surface area (Å²) in [6, 6.07) is 0.0575. The Balaban J connectivity index is 4.25. The number of nitrogens with two attached hydrogens (primary N) is 1. The Kier molecular flexibility index (Phi) is 14.6. The van der Waals surface area contributed by atoms with Crippen LogP contribution >= 0.6 is 0 Å². The van der Waals surface area contributed by atoms with Gasteiger partial charge in [0.05, 0.1) is 6.04 Å². The van der Waals surface area contributed by atoms with E-state index in [1.165, 1.54) is 25.7 Å². The fraction of sp³-hybridized carbons (Fsp3) is 0.857. The van der Waals surface area contributed by atoms with Crippen molar-refractivity contribution in [3.63, 3.8) is 0 Å². The van der Waals surface area contributed by atoms with E-state index in [4.69, 9.17) is 5.73 Å². The molecule has 4 nitrogen and oxygen atoms in total. The molecule has 0 heterocycles. The SMILES string of the molecule is C=C(NCCCCCN)C(C(C)C)N(C)C(=O)CCCCCCCC. The van der Waals surface area contributed by atoms with Gasteiger partial charge in [-0.1, -0.05) is 65.9 Å². The first-order valence-corrected chi connectivity index (χ1v) is 10.3. The summed E-state index contributed by atoms with van der Waals surface area (Å²) in [6.45, 7) is 12.4. The van der Waals surface area contributed by atoms with Crippen LogP contribution in [0, 0.1) is 5.92 Å². The highest BCUT2D eigenvalue weighted by molar-refractivity contribution is 5.76. The molecule has 0 aromatic heterocycles. The maximum absolute atomic E-state index is 12.5. The second-order valence-electron chi connectivity index (χ2n) is 7.51. The van der Waals surface area contributed by atoms with Crippen molar-refractivity contribution in [2.45, 2.75) is 91.0 Å². The van der Waals surface area contributed by atoms with Crippen LogP contribution in [0.15, 0.2) is 12.3 Å². The molecule has 0 radical (unpaired) electrons. The van der Waals surface area contributed by atoms with E-state index >= 15 is 0 Å². The Labute approximate surface area is 156 Å². The van der Waals surface area contributed by atoms with Gasteiger partial charge in [-0.05, 0) is 31.7 Å². The normalized spacial score (nSPS) is 12.2. The number of nitrogens with one attached hydrogen (secondary N) is 1. The second-order valence-corrected chi connectivity index (χ2v) is 7.51. The molecule has 0 fully saturated rings. The van der Waals surface area contributed by atoms with Crippen molar-refractivity contribution in [1.29, 1.82) is 0 Å². The molecular weight excluding hydrogens is 310 g/mol. The van der Waals surface area contributed by atoms with Crippen LogP contribution in [0.3, 0.4) is 0 Å². The van der Waals surface area contributed by atoms with Crippen LogP contribution < -0.4 is 11.1 Å². The highest BCUT2D eigenvalue weighted by atomic mass is 16.2. The van der Waals surface area contributed by atoms with Gasteiger partial charge in [0, 0.05) is 25.7 Å². The number of nitrogens with zero attached hydrogens (tertiary/aromatic N) is 1. The van der Waals surface area contributed by atoms with Crippen molar-refractivity contribution in [3.05, 3.63) is 12.3 Å². The number of carbonyl (C=O) groups excluding carboxylic acids is 1. The van der Waals surface area contributed by atoms with Crippen LogP contribution in [0.2, 0.25) is 0 Å². The Bertz CT molecular complexity index is 355. The lowest BCUT2D eigenvalue weighted by molar-refractivity contribution is -0.132. The number of unbranched alkanes of at least 4 members (excludes halogenated alkanes) is 7. The van der Waals surface area contributed by atoms with Crippen molar-refractivity contribution in [2.24, 2.45) is 11.7 Å². The molecule has 0 aromatic rings. The van der Waals surface area contributed by atoms with Crippen LogP contribution in [0.1, 0.15) is 85.0 Å². The van der Waals surface area contributed by atoms with Crippen molar-refractivity contribution in [3.8, 4) is 0 Å².